The Bertz CT molecular complexity index is 869. The summed E-state index contributed by atoms with van der Waals surface area (Å²) in [6.45, 7) is 1.13. The average Bonchev–Trinajstić information content (AvgIpc) is 2.62. The highest BCUT2D eigenvalue weighted by atomic mass is 35.5. The largest absolute Gasteiger partial charge is 0.352 e. The second-order valence-corrected chi connectivity index (χ2v) is 8.06. The Labute approximate surface area is 159 Å². The van der Waals surface area contributed by atoms with Gasteiger partial charge in [0.1, 0.15) is 0 Å². The lowest BCUT2D eigenvalue weighted by Gasteiger charge is -2.13. The lowest BCUT2D eigenvalue weighted by Crippen LogP contribution is -2.36. The number of nitrogens with zero attached hydrogens (tertiary/aromatic N) is 1. The van der Waals surface area contributed by atoms with E-state index < -0.39 is 10.0 Å². The number of hydrogen-bond acceptors (Lipinski definition) is 3. The van der Waals surface area contributed by atoms with E-state index in [0.717, 1.165) is 16.7 Å². The van der Waals surface area contributed by atoms with Gasteiger partial charge in [-0.3, -0.25) is 4.99 Å². The lowest BCUT2D eigenvalue weighted by molar-refractivity contribution is 0.587. The van der Waals surface area contributed by atoms with Crippen molar-refractivity contribution in [3.05, 3.63) is 70.2 Å². The molecule has 26 heavy (non-hydrogen) atoms. The normalized spacial score (nSPS) is 12.0. The van der Waals surface area contributed by atoms with Crippen molar-refractivity contribution in [3.63, 3.8) is 0 Å². The smallest absolute Gasteiger partial charge is 0.215 e. The Balaban J connectivity index is 1.92. The number of benzene rings is 2. The van der Waals surface area contributed by atoms with Crippen molar-refractivity contribution in [1.29, 1.82) is 0 Å². The van der Waals surface area contributed by atoms with Crippen molar-refractivity contribution >= 4 is 27.6 Å². The van der Waals surface area contributed by atoms with Gasteiger partial charge >= 0.3 is 0 Å². The number of nitrogens with one attached hydrogen (secondary N) is 3. The maximum absolute atomic E-state index is 11.7. The molecule has 0 unspecified atom stereocenters. The Hall–Kier alpha value is -2.09. The maximum atomic E-state index is 11.7. The summed E-state index contributed by atoms with van der Waals surface area (Å²) in [4.78, 5) is 4.19. The minimum atomic E-state index is -3.29. The van der Waals surface area contributed by atoms with E-state index in [0.29, 0.717) is 24.1 Å². The van der Waals surface area contributed by atoms with Gasteiger partial charge in [0.25, 0.3) is 0 Å². The number of aliphatic imine (C=N–C) groups is 1. The Morgan fingerprint density at radius 3 is 2.15 bits per heavy atom. The van der Waals surface area contributed by atoms with Crippen molar-refractivity contribution < 1.29 is 8.42 Å². The topological polar surface area (TPSA) is 82.6 Å². The van der Waals surface area contributed by atoms with Crippen molar-refractivity contribution in [2.24, 2.45) is 4.99 Å². The first-order chi connectivity index (χ1) is 12.4. The zero-order valence-corrected chi connectivity index (χ0v) is 16.4. The van der Waals surface area contributed by atoms with E-state index in [2.05, 4.69) is 20.3 Å². The van der Waals surface area contributed by atoms with E-state index in [1.54, 1.807) is 13.1 Å². The van der Waals surface area contributed by atoms with Crippen LogP contribution in [0, 0.1) is 0 Å². The summed E-state index contributed by atoms with van der Waals surface area (Å²) in [5, 5.41) is 7.13. The molecular formula is C18H23ClN4O2S. The molecule has 0 spiro atoms. The Morgan fingerprint density at radius 2 is 1.58 bits per heavy atom. The van der Waals surface area contributed by atoms with E-state index in [9.17, 15) is 8.42 Å². The minimum Gasteiger partial charge on any atom is -0.352 e. The molecule has 0 saturated carbocycles. The number of guanidine groups is 1. The number of hydrogen-bond donors (Lipinski definition) is 3. The summed E-state index contributed by atoms with van der Waals surface area (Å²) >= 11 is 5.99. The van der Waals surface area contributed by atoms with Gasteiger partial charge in [0, 0.05) is 25.2 Å². The quantitative estimate of drug-likeness (QED) is 0.497. The molecular weight excluding hydrogens is 372 g/mol. The van der Waals surface area contributed by atoms with E-state index in [4.69, 9.17) is 11.6 Å². The second-order valence-electron chi connectivity index (χ2n) is 5.69. The fraction of sp³-hybridized carbons (Fsp3) is 0.278. The van der Waals surface area contributed by atoms with Gasteiger partial charge in [-0.25, -0.2) is 13.1 Å². The third kappa shape index (κ3) is 6.67. The molecule has 0 aromatic heterocycles. The summed E-state index contributed by atoms with van der Waals surface area (Å²) in [6, 6.07) is 15.1. The van der Waals surface area contributed by atoms with Gasteiger partial charge in [-0.2, -0.15) is 0 Å². The molecule has 0 aliphatic carbocycles. The lowest BCUT2D eigenvalue weighted by atomic mass is 10.1. The van der Waals surface area contributed by atoms with Gasteiger partial charge in [-0.15, -0.1) is 0 Å². The molecule has 0 aliphatic rings. The molecule has 6 nitrogen and oxygen atoms in total. The van der Waals surface area contributed by atoms with Crippen LogP contribution in [-0.4, -0.2) is 28.5 Å². The molecule has 0 amide bonds. The predicted octanol–water partition coefficient (Wildman–Crippen LogP) is 2.25. The van der Waals surface area contributed by atoms with Gasteiger partial charge in [-0.1, -0.05) is 48.0 Å². The van der Waals surface area contributed by atoms with Gasteiger partial charge in [0.15, 0.2) is 5.96 Å². The first-order valence-corrected chi connectivity index (χ1v) is 10.1. The molecule has 0 aliphatic heterocycles. The van der Waals surface area contributed by atoms with E-state index >= 15 is 0 Å². The third-order valence-corrected chi connectivity index (χ3v) is 5.26. The van der Waals surface area contributed by atoms with Crippen molar-refractivity contribution in [2.45, 2.75) is 18.8 Å². The molecule has 3 N–H and O–H groups in total. The van der Waals surface area contributed by atoms with Crippen LogP contribution in [0.2, 0.25) is 5.02 Å². The van der Waals surface area contributed by atoms with Crippen molar-refractivity contribution in [2.75, 3.05) is 14.1 Å². The van der Waals surface area contributed by atoms with E-state index in [1.807, 2.05) is 42.5 Å². The molecule has 140 valence electrons. The van der Waals surface area contributed by atoms with Crippen LogP contribution in [0.1, 0.15) is 16.7 Å². The van der Waals surface area contributed by atoms with E-state index in [-0.39, 0.29) is 5.75 Å². The molecule has 0 radical (unpaired) electrons. The van der Waals surface area contributed by atoms with Gasteiger partial charge in [0.05, 0.1) is 5.75 Å². The van der Waals surface area contributed by atoms with Crippen LogP contribution < -0.4 is 15.4 Å². The summed E-state index contributed by atoms with van der Waals surface area (Å²) in [7, 11) is -0.175. The molecule has 0 heterocycles. The van der Waals surface area contributed by atoms with Crippen molar-refractivity contribution in [3.8, 4) is 0 Å². The molecule has 2 rings (SSSR count). The highest BCUT2D eigenvalue weighted by Gasteiger charge is 2.09. The van der Waals surface area contributed by atoms with Gasteiger partial charge < -0.3 is 10.6 Å². The summed E-state index contributed by atoms with van der Waals surface area (Å²) < 4.78 is 25.7. The monoisotopic (exact) mass is 394 g/mol. The van der Waals surface area contributed by atoms with Crippen LogP contribution in [0.25, 0.3) is 0 Å². The van der Waals surface area contributed by atoms with Crippen LogP contribution in [0.5, 0.6) is 0 Å². The Kier molecular flexibility index (Phi) is 7.44. The highest BCUT2D eigenvalue weighted by Crippen LogP contribution is 2.10. The molecule has 0 atom stereocenters. The first kappa shape index (κ1) is 20.2. The Morgan fingerprint density at radius 1 is 1.00 bits per heavy atom. The van der Waals surface area contributed by atoms with E-state index in [1.165, 1.54) is 7.05 Å². The van der Waals surface area contributed by atoms with Crippen LogP contribution in [0.15, 0.2) is 53.5 Å². The second kappa shape index (κ2) is 9.56. The maximum Gasteiger partial charge on any atom is 0.215 e. The fourth-order valence-corrected chi connectivity index (χ4v) is 3.34. The van der Waals surface area contributed by atoms with Gasteiger partial charge in [0.2, 0.25) is 10.0 Å². The number of rotatable bonds is 7. The van der Waals surface area contributed by atoms with Gasteiger partial charge in [-0.05, 0) is 35.9 Å². The van der Waals surface area contributed by atoms with Crippen LogP contribution in [-0.2, 0) is 28.9 Å². The number of sulfonamides is 1. The SMILES string of the molecule is CN=C(NCc1cccc(Cl)c1)NCc1cccc(CS(=O)(=O)NC)c1. The molecule has 2 aromatic carbocycles. The molecule has 0 bridgehead atoms. The fourth-order valence-electron chi connectivity index (χ4n) is 2.36. The van der Waals surface area contributed by atoms with Crippen LogP contribution in [0.4, 0.5) is 0 Å². The predicted molar refractivity (Wildman–Crippen MR) is 107 cm³/mol. The third-order valence-electron chi connectivity index (χ3n) is 3.69. The first-order valence-electron chi connectivity index (χ1n) is 8.10. The van der Waals surface area contributed by atoms with Crippen LogP contribution in [0.3, 0.4) is 0 Å². The zero-order chi connectivity index (χ0) is 19.0. The molecule has 2 aromatic rings. The molecule has 8 heteroatoms. The highest BCUT2D eigenvalue weighted by molar-refractivity contribution is 7.88. The number of halogens is 1. The minimum absolute atomic E-state index is 0.0426. The molecule has 0 fully saturated rings. The summed E-state index contributed by atoms with van der Waals surface area (Å²) in [5.41, 5.74) is 2.76. The van der Waals surface area contributed by atoms with Crippen molar-refractivity contribution in [1.82, 2.24) is 15.4 Å². The zero-order valence-electron chi connectivity index (χ0n) is 14.8. The van der Waals surface area contributed by atoms with Crippen LogP contribution >= 0.6 is 11.6 Å². The average molecular weight is 395 g/mol. The molecule has 0 saturated heterocycles. The summed E-state index contributed by atoms with van der Waals surface area (Å²) in [6.07, 6.45) is 0. The standard InChI is InChI=1S/C18H23ClN4O2S/c1-20-18(23-12-15-6-4-8-17(19)10-15)22-11-14-5-3-7-16(9-14)13-26(24,25)21-2/h3-10,21H,11-13H2,1-2H3,(H2,20,22,23). The summed E-state index contributed by atoms with van der Waals surface area (Å²) in [5.74, 6) is 0.609.